The Hall–Kier alpha value is -0.570. The lowest BCUT2D eigenvalue weighted by Gasteiger charge is -2.30. The summed E-state index contributed by atoms with van der Waals surface area (Å²) in [7, 11) is 0. The molecule has 1 atom stereocenters. The van der Waals surface area contributed by atoms with Gasteiger partial charge in [-0.1, -0.05) is 52.9 Å². The smallest absolute Gasteiger partial charge is 0.228 e. The van der Waals surface area contributed by atoms with Crippen LogP contribution in [0.4, 0.5) is 0 Å². The number of amides is 1. The third-order valence-corrected chi connectivity index (χ3v) is 4.03. The molecular formula is C15H29NO2. The van der Waals surface area contributed by atoms with Crippen LogP contribution in [-0.2, 0) is 4.79 Å². The second-order valence-electron chi connectivity index (χ2n) is 6.11. The Morgan fingerprint density at radius 1 is 1.17 bits per heavy atom. The van der Waals surface area contributed by atoms with E-state index in [1.165, 1.54) is 12.8 Å². The van der Waals surface area contributed by atoms with Crippen LogP contribution < -0.4 is 5.32 Å². The zero-order valence-corrected chi connectivity index (χ0v) is 12.2. The maximum absolute atomic E-state index is 12.3. The predicted molar refractivity (Wildman–Crippen MR) is 74.1 cm³/mol. The molecule has 3 heteroatoms. The molecule has 0 aliphatic heterocycles. The van der Waals surface area contributed by atoms with Crippen LogP contribution in [0.1, 0.15) is 78.6 Å². The van der Waals surface area contributed by atoms with Crippen molar-refractivity contribution in [2.75, 3.05) is 0 Å². The Morgan fingerprint density at radius 3 is 2.22 bits per heavy atom. The average Bonchev–Trinajstić information content (AvgIpc) is 3.04. The molecule has 1 unspecified atom stereocenters. The lowest BCUT2D eigenvalue weighted by Crippen LogP contribution is -2.45. The molecule has 1 aliphatic rings. The van der Waals surface area contributed by atoms with Crippen molar-refractivity contribution in [3.63, 3.8) is 0 Å². The molecular weight excluding hydrogens is 226 g/mol. The molecule has 1 rings (SSSR count). The van der Waals surface area contributed by atoms with Crippen LogP contribution in [0.3, 0.4) is 0 Å². The Kier molecular flexibility index (Phi) is 5.64. The van der Waals surface area contributed by atoms with Crippen molar-refractivity contribution < 1.29 is 9.90 Å². The fourth-order valence-electron chi connectivity index (χ4n) is 2.29. The molecule has 0 heterocycles. The molecule has 1 fully saturated rings. The normalized spacial score (nSPS) is 20.2. The minimum atomic E-state index is -0.880. The maximum atomic E-state index is 12.3. The number of nitrogens with one attached hydrogen (secondary N) is 1. The average molecular weight is 255 g/mol. The number of carbonyl (C=O) groups is 1. The van der Waals surface area contributed by atoms with Gasteiger partial charge in [-0.15, -0.1) is 0 Å². The number of unbranched alkanes of at least 4 members (excludes halogenated alkanes) is 3. The van der Waals surface area contributed by atoms with E-state index in [4.69, 9.17) is 0 Å². The summed E-state index contributed by atoms with van der Waals surface area (Å²) in [6, 6.07) is 0. The second kappa shape index (κ2) is 6.55. The van der Waals surface area contributed by atoms with Crippen molar-refractivity contribution in [1.82, 2.24) is 5.32 Å². The fourth-order valence-corrected chi connectivity index (χ4v) is 2.29. The highest BCUT2D eigenvalue weighted by Gasteiger charge is 2.45. The zero-order valence-electron chi connectivity index (χ0n) is 12.2. The van der Waals surface area contributed by atoms with Crippen LogP contribution in [0.15, 0.2) is 0 Å². The molecule has 0 aromatic carbocycles. The van der Waals surface area contributed by atoms with Crippen molar-refractivity contribution in [1.29, 1.82) is 0 Å². The standard InChI is InChI=1S/C15H29NO2/c1-4-6-8-10-14(3,9-7-5-2)13(17)16-15(18)11-12-15/h18H,4-12H2,1-3H3,(H,16,17). The van der Waals surface area contributed by atoms with Gasteiger partial charge in [0, 0.05) is 5.41 Å². The van der Waals surface area contributed by atoms with Gasteiger partial charge in [0.2, 0.25) is 5.91 Å². The van der Waals surface area contributed by atoms with Crippen molar-refractivity contribution in [2.45, 2.75) is 84.3 Å². The quantitative estimate of drug-likeness (QED) is 0.490. The van der Waals surface area contributed by atoms with Crippen LogP contribution in [0, 0.1) is 5.41 Å². The van der Waals surface area contributed by atoms with E-state index < -0.39 is 5.72 Å². The van der Waals surface area contributed by atoms with Gasteiger partial charge in [-0.3, -0.25) is 4.79 Å². The van der Waals surface area contributed by atoms with E-state index in [-0.39, 0.29) is 11.3 Å². The first-order valence-electron chi connectivity index (χ1n) is 7.51. The first-order chi connectivity index (χ1) is 8.46. The lowest BCUT2D eigenvalue weighted by molar-refractivity contribution is -0.135. The summed E-state index contributed by atoms with van der Waals surface area (Å²) in [5, 5.41) is 12.7. The van der Waals surface area contributed by atoms with E-state index in [0.717, 1.165) is 32.1 Å². The number of rotatable bonds is 9. The molecule has 0 saturated heterocycles. The summed E-state index contributed by atoms with van der Waals surface area (Å²) in [6.45, 7) is 6.38. The molecule has 0 bridgehead atoms. The first-order valence-corrected chi connectivity index (χ1v) is 7.51. The molecule has 0 aromatic heterocycles. The van der Waals surface area contributed by atoms with Gasteiger partial charge in [0.1, 0.15) is 5.72 Å². The summed E-state index contributed by atoms with van der Waals surface area (Å²) in [5.74, 6) is 0.0482. The third-order valence-electron chi connectivity index (χ3n) is 4.03. The summed E-state index contributed by atoms with van der Waals surface area (Å²) in [6.07, 6.45) is 8.92. The van der Waals surface area contributed by atoms with Gasteiger partial charge in [0.25, 0.3) is 0 Å². The van der Waals surface area contributed by atoms with E-state index in [1.54, 1.807) is 0 Å². The summed E-state index contributed by atoms with van der Waals surface area (Å²) in [5.41, 5.74) is -1.18. The maximum Gasteiger partial charge on any atom is 0.228 e. The van der Waals surface area contributed by atoms with Crippen LogP contribution >= 0.6 is 0 Å². The minimum absolute atomic E-state index is 0.0482. The van der Waals surface area contributed by atoms with E-state index in [9.17, 15) is 9.90 Å². The molecule has 0 radical (unpaired) electrons. The summed E-state index contributed by atoms with van der Waals surface area (Å²) >= 11 is 0. The lowest BCUT2D eigenvalue weighted by atomic mass is 9.79. The molecule has 3 nitrogen and oxygen atoms in total. The van der Waals surface area contributed by atoms with E-state index in [2.05, 4.69) is 26.1 Å². The van der Waals surface area contributed by atoms with Gasteiger partial charge in [-0.2, -0.15) is 0 Å². The third kappa shape index (κ3) is 4.60. The van der Waals surface area contributed by atoms with Gasteiger partial charge >= 0.3 is 0 Å². The Balaban J connectivity index is 2.53. The van der Waals surface area contributed by atoms with Crippen molar-refractivity contribution >= 4 is 5.91 Å². The van der Waals surface area contributed by atoms with Crippen molar-refractivity contribution in [2.24, 2.45) is 5.41 Å². The highest BCUT2D eigenvalue weighted by molar-refractivity contribution is 5.83. The van der Waals surface area contributed by atoms with E-state index in [0.29, 0.717) is 12.8 Å². The van der Waals surface area contributed by atoms with Crippen LogP contribution in [0.2, 0.25) is 0 Å². The topological polar surface area (TPSA) is 49.3 Å². The fraction of sp³-hybridized carbons (Fsp3) is 0.933. The molecule has 1 amide bonds. The van der Waals surface area contributed by atoms with Gasteiger partial charge in [-0.05, 0) is 25.7 Å². The zero-order chi connectivity index (χ0) is 13.6. The molecule has 1 saturated carbocycles. The van der Waals surface area contributed by atoms with Crippen molar-refractivity contribution in [3.8, 4) is 0 Å². The first kappa shape index (κ1) is 15.5. The SMILES string of the molecule is CCCCCC(C)(CCCC)C(=O)NC1(O)CC1. The molecule has 18 heavy (non-hydrogen) atoms. The number of hydrogen-bond donors (Lipinski definition) is 2. The molecule has 0 aromatic rings. The van der Waals surface area contributed by atoms with Crippen LogP contribution in [-0.4, -0.2) is 16.7 Å². The van der Waals surface area contributed by atoms with Crippen LogP contribution in [0.25, 0.3) is 0 Å². The largest absolute Gasteiger partial charge is 0.371 e. The molecule has 1 aliphatic carbocycles. The summed E-state index contributed by atoms with van der Waals surface area (Å²) in [4.78, 5) is 12.3. The van der Waals surface area contributed by atoms with Gasteiger partial charge < -0.3 is 10.4 Å². The highest BCUT2D eigenvalue weighted by Crippen LogP contribution is 2.36. The molecule has 0 spiro atoms. The molecule has 2 N–H and O–H groups in total. The predicted octanol–water partition coefficient (Wildman–Crippen LogP) is 3.36. The monoisotopic (exact) mass is 255 g/mol. The Morgan fingerprint density at radius 2 is 1.72 bits per heavy atom. The van der Waals surface area contributed by atoms with Crippen LogP contribution in [0.5, 0.6) is 0 Å². The van der Waals surface area contributed by atoms with E-state index >= 15 is 0 Å². The van der Waals surface area contributed by atoms with E-state index in [1.807, 2.05) is 0 Å². The number of aliphatic hydroxyl groups is 1. The number of hydrogen-bond acceptors (Lipinski definition) is 2. The minimum Gasteiger partial charge on any atom is -0.371 e. The second-order valence-corrected chi connectivity index (χ2v) is 6.11. The van der Waals surface area contributed by atoms with Gasteiger partial charge in [0.15, 0.2) is 0 Å². The highest BCUT2D eigenvalue weighted by atomic mass is 16.3. The number of carbonyl (C=O) groups excluding carboxylic acids is 1. The summed E-state index contributed by atoms with van der Waals surface area (Å²) < 4.78 is 0. The molecule has 106 valence electrons. The Labute approximate surface area is 111 Å². The van der Waals surface area contributed by atoms with Crippen molar-refractivity contribution in [3.05, 3.63) is 0 Å². The Bertz CT molecular complexity index is 274. The van der Waals surface area contributed by atoms with Gasteiger partial charge in [0.05, 0.1) is 0 Å². The van der Waals surface area contributed by atoms with Gasteiger partial charge in [-0.25, -0.2) is 0 Å².